The minimum Gasteiger partial charge on any atom is -0.493 e. The predicted octanol–water partition coefficient (Wildman–Crippen LogP) is 1.97. The van der Waals surface area contributed by atoms with Crippen LogP contribution in [0.3, 0.4) is 0 Å². The van der Waals surface area contributed by atoms with Crippen LogP contribution in [0, 0.1) is 12.7 Å². The summed E-state index contributed by atoms with van der Waals surface area (Å²) < 4.78 is 23.4. The molecular formula is C20H20FN7O2. The summed E-state index contributed by atoms with van der Waals surface area (Å²) in [6, 6.07) is 3.10. The molecule has 0 atom stereocenters. The fourth-order valence-corrected chi connectivity index (χ4v) is 3.85. The number of halogens is 1. The molecule has 3 aromatic heterocycles. The largest absolute Gasteiger partial charge is 0.493 e. The number of benzene rings is 1. The van der Waals surface area contributed by atoms with E-state index in [1.807, 2.05) is 6.92 Å². The van der Waals surface area contributed by atoms with Crippen LogP contribution < -0.4 is 10.1 Å². The van der Waals surface area contributed by atoms with E-state index in [-0.39, 0.29) is 19.0 Å². The number of nitrogens with zero attached hydrogens (tertiary/aromatic N) is 6. The highest BCUT2D eigenvalue weighted by atomic mass is 19.1. The summed E-state index contributed by atoms with van der Waals surface area (Å²) >= 11 is 0. The molecule has 1 aromatic carbocycles. The maximum absolute atomic E-state index is 14.4. The molecule has 0 unspecified atom stereocenters. The average molecular weight is 409 g/mol. The Morgan fingerprint density at radius 2 is 2.17 bits per heavy atom. The second kappa shape index (κ2) is 7.38. The number of anilines is 1. The smallest absolute Gasteiger partial charge is 0.210 e. The maximum atomic E-state index is 14.4. The summed E-state index contributed by atoms with van der Waals surface area (Å²) in [5, 5.41) is 25.0. The zero-order valence-corrected chi connectivity index (χ0v) is 16.3. The first-order chi connectivity index (χ1) is 14.7. The number of hydrogen-bond acceptors (Lipinski definition) is 7. The van der Waals surface area contributed by atoms with E-state index in [2.05, 4.69) is 25.6 Å². The molecule has 10 heteroatoms. The maximum Gasteiger partial charge on any atom is 0.210 e. The molecule has 9 nitrogen and oxygen atoms in total. The molecule has 0 bridgehead atoms. The van der Waals surface area contributed by atoms with Gasteiger partial charge in [0.15, 0.2) is 5.65 Å². The topological polar surface area (TPSA) is 102 Å². The highest BCUT2D eigenvalue weighted by molar-refractivity contribution is 5.78. The minimum atomic E-state index is -0.268. The second-order valence-electron chi connectivity index (χ2n) is 7.07. The molecular weight excluding hydrogens is 389 g/mol. The van der Waals surface area contributed by atoms with Crippen molar-refractivity contribution in [1.82, 2.24) is 29.4 Å². The van der Waals surface area contributed by atoms with Gasteiger partial charge in [0, 0.05) is 47.1 Å². The Morgan fingerprint density at radius 1 is 1.27 bits per heavy atom. The van der Waals surface area contributed by atoms with Crippen molar-refractivity contribution in [1.29, 1.82) is 0 Å². The van der Waals surface area contributed by atoms with Gasteiger partial charge < -0.3 is 15.2 Å². The van der Waals surface area contributed by atoms with Crippen LogP contribution in [0.25, 0.3) is 16.8 Å². The van der Waals surface area contributed by atoms with Crippen LogP contribution in [0.4, 0.5) is 10.3 Å². The quantitative estimate of drug-likeness (QED) is 0.502. The Morgan fingerprint density at radius 3 is 3.03 bits per heavy atom. The van der Waals surface area contributed by atoms with E-state index in [1.165, 1.54) is 6.07 Å². The fourth-order valence-electron chi connectivity index (χ4n) is 3.85. The highest BCUT2D eigenvalue weighted by Gasteiger charge is 2.20. The Hall–Kier alpha value is -3.53. The number of rotatable bonds is 6. The van der Waals surface area contributed by atoms with E-state index in [1.54, 1.807) is 33.9 Å². The summed E-state index contributed by atoms with van der Waals surface area (Å²) in [6.07, 6.45) is 5.69. The third-order valence-electron chi connectivity index (χ3n) is 5.40. The number of aromatic nitrogens is 6. The molecule has 0 saturated carbocycles. The lowest BCUT2D eigenvalue weighted by Gasteiger charge is -2.12. The van der Waals surface area contributed by atoms with Crippen molar-refractivity contribution in [3.05, 3.63) is 53.5 Å². The lowest BCUT2D eigenvalue weighted by molar-refractivity contribution is 0.268. The third kappa shape index (κ3) is 2.96. The van der Waals surface area contributed by atoms with Crippen molar-refractivity contribution in [3.8, 4) is 16.9 Å². The first-order valence-corrected chi connectivity index (χ1v) is 9.66. The molecule has 0 amide bonds. The Labute approximate surface area is 171 Å². The van der Waals surface area contributed by atoms with Gasteiger partial charge in [-0.15, -0.1) is 10.2 Å². The van der Waals surface area contributed by atoms with Crippen LogP contribution in [0.1, 0.15) is 16.8 Å². The molecule has 154 valence electrons. The molecule has 30 heavy (non-hydrogen) atoms. The monoisotopic (exact) mass is 409 g/mol. The number of fused-ring (bicyclic) bond motifs is 2. The molecule has 1 aliphatic rings. The molecule has 4 aromatic rings. The van der Waals surface area contributed by atoms with Gasteiger partial charge in [0.05, 0.1) is 26.0 Å². The standard InChI is InChI=1S/C20H20FN7O2/c1-12-14(10-25-28(12)5-6-29)16-9-23-20(27-11-24-26-19(16)27)22-8-15-13-4-7-30-18(13)3-2-17(15)21/h2-3,9-11,29H,4-8H2,1H3,(H,22,23). The summed E-state index contributed by atoms with van der Waals surface area (Å²) in [4.78, 5) is 4.52. The molecule has 0 spiro atoms. The predicted molar refractivity (Wildman–Crippen MR) is 107 cm³/mol. The molecule has 5 rings (SSSR count). The zero-order chi connectivity index (χ0) is 20.7. The lowest BCUT2D eigenvalue weighted by Crippen LogP contribution is -2.10. The first kappa shape index (κ1) is 18.5. The molecule has 0 aliphatic carbocycles. The summed E-state index contributed by atoms with van der Waals surface area (Å²) in [5.41, 5.74) is 4.63. The Balaban J connectivity index is 1.48. The molecule has 0 radical (unpaired) electrons. The van der Waals surface area contributed by atoms with Crippen LogP contribution in [0.15, 0.2) is 30.9 Å². The van der Waals surface area contributed by atoms with E-state index in [4.69, 9.17) is 4.74 Å². The Bertz CT molecular complexity index is 1230. The third-order valence-corrected chi connectivity index (χ3v) is 5.40. The molecule has 0 fully saturated rings. The lowest BCUT2D eigenvalue weighted by atomic mass is 10.0. The van der Waals surface area contributed by atoms with Crippen molar-refractivity contribution < 1.29 is 14.2 Å². The fraction of sp³-hybridized carbons (Fsp3) is 0.300. The number of aliphatic hydroxyl groups is 1. The van der Waals surface area contributed by atoms with Crippen molar-refractivity contribution in [3.63, 3.8) is 0 Å². The number of aliphatic hydroxyl groups excluding tert-OH is 1. The first-order valence-electron chi connectivity index (χ1n) is 9.66. The van der Waals surface area contributed by atoms with E-state index < -0.39 is 0 Å². The van der Waals surface area contributed by atoms with E-state index in [9.17, 15) is 9.50 Å². The van der Waals surface area contributed by atoms with Gasteiger partial charge >= 0.3 is 0 Å². The summed E-state index contributed by atoms with van der Waals surface area (Å²) in [5.74, 6) is 0.978. The van der Waals surface area contributed by atoms with Gasteiger partial charge in [-0.25, -0.2) is 9.37 Å². The molecule has 0 saturated heterocycles. The second-order valence-corrected chi connectivity index (χ2v) is 7.07. The van der Waals surface area contributed by atoms with Gasteiger partial charge in [0.1, 0.15) is 17.9 Å². The van der Waals surface area contributed by atoms with Gasteiger partial charge in [0.25, 0.3) is 0 Å². The van der Waals surface area contributed by atoms with Gasteiger partial charge in [-0.3, -0.25) is 9.08 Å². The molecule has 2 N–H and O–H groups in total. The number of ether oxygens (including phenoxy) is 1. The molecule has 4 heterocycles. The van der Waals surface area contributed by atoms with Crippen LogP contribution in [0.5, 0.6) is 5.75 Å². The van der Waals surface area contributed by atoms with Gasteiger partial charge in [0.2, 0.25) is 5.95 Å². The SMILES string of the molecule is Cc1c(-c2cnc(NCc3c(F)ccc4c3CCO4)n3cnnc23)cnn1CCO. The summed E-state index contributed by atoms with van der Waals surface area (Å²) in [7, 11) is 0. The van der Waals surface area contributed by atoms with E-state index >= 15 is 0 Å². The average Bonchev–Trinajstić information content (AvgIpc) is 3.48. The normalized spacial score (nSPS) is 12.9. The number of nitrogens with one attached hydrogen (secondary N) is 1. The van der Waals surface area contributed by atoms with Gasteiger partial charge in [-0.05, 0) is 19.1 Å². The van der Waals surface area contributed by atoms with Crippen molar-refractivity contribution in [2.75, 3.05) is 18.5 Å². The minimum absolute atomic E-state index is 0.00813. The highest BCUT2D eigenvalue weighted by Crippen LogP contribution is 2.31. The Kier molecular flexibility index (Phi) is 4.55. The van der Waals surface area contributed by atoms with Gasteiger partial charge in [-0.1, -0.05) is 0 Å². The van der Waals surface area contributed by atoms with Crippen LogP contribution >= 0.6 is 0 Å². The summed E-state index contributed by atoms with van der Waals surface area (Å²) in [6.45, 7) is 3.19. The van der Waals surface area contributed by atoms with Crippen LogP contribution in [0.2, 0.25) is 0 Å². The van der Waals surface area contributed by atoms with Crippen LogP contribution in [-0.2, 0) is 19.5 Å². The zero-order valence-electron chi connectivity index (χ0n) is 16.3. The van der Waals surface area contributed by atoms with E-state index in [0.29, 0.717) is 36.7 Å². The van der Waals surface area contributed by atoms with Crippen molar-refractivity contribution >= 4 is 11.6 Å². The number of hydrogen-bond donors (Lipinski definition) is 2. The van der Waals surface area contributed by atoms with Crippen LogP contribution in [-0.4, -0.2) is 47.7 Å². The van der Waals surface area contributed by atoms with E-state index in [0.717, 1.165) is 28.1 Å². The van der Waals surface area contributed by atoms with Gasteiger partial charge in [-0.2, -0.15) is 5.10 Å². The van der Waals surface area contributed by atoms with Crippen molar-refractivity contribution in [2.24, 2.45) is 0 Å². The molecule has 1 aliphatic heterocycles. The van der Waals surface area contributed by atoms with Crippen molar-refractivity contribution in [2.45, 2.75) is 26.4 Å².